The molecular weight excluding hydrogens is 237 g/mol. The highest BCUT2D eigenvalue weighted by Gasteiger charge is 2.55. The lowest BCUT2D eigenvalue weighted by atomic mass is 10.1. The molecule has 2 heterocycles. The van der Waals surface area contributed by atoms with Crippen molar-refractivity contribution >= 4 is 5.84 Å². The Bertz CT molecular complexity index is 476. The van der Waals surface area contributed by atoms with E-state index < -0.39 is 17.8 Å². The number of aliphatic imine (C=N–C) groups is 1. The first-order chi connectivity index (χ1) is 7.73. The molecule has 2 aliphatic heterocycles. The Labute approximate surface area is 94.7 Å². The van der Waals surface area contributed by atoms with Gasteiger partial charge in [-0.2, -0.15) is 13.2 Å². The summed E-state index contributed by atoms with van der Waals surface area (Å²) >= 11 is 0. The van der Waals surface area contributed by atoms with Gasteiger partial charge in [-0.25, -0.2) is 4.99 Å². The maximum absolute atomic E-state index is 12.6. The van der Waals surface area contributed by atoms with E-state index >= 15 is 0 Å². The van der Waals surface area contributed by atoms with Gasteiger partial charge in [-0.1, -0.05) is 0 Å². The summed E-state index contributed by atoms with van der Waals surface area (Å²) in [5.74, 6) is -0.875. The lowest BCUT2D eigenvalue weighted by molar-refractivity contribution is -0.238. The number of aliphatic hydroxyl groups is 2. The maximum Gasteiger partial charge on any atom is 0.442 e. The van der Waals surface area contributed by atoms with Gasteiger partial charge in [-0.05, 0) is 24.6 Å². The van der Waals surface area contributed by atoms with Crippen molar-refractivity contribution in [2.45, 2.75) is 18.8 Å². The van der Waals surface area contributed by atoms with Gasteiger partial charge in [0.2, 0.25) is 0 Å². The van der Waals surface area contributed by atoms with E-state index in [0.717, 1.165) is 4.90 Å². The Hall–Kier alpha value is -1.76. The summed E-state index contributed by atoms with van der Waals surface area (Å²) in [6.07, 6.45) is -0.421. The van der Waals surface area contributed by atoms with Gasteiger partial charge in [-0.15, -0.1) is 0 Å². The summed E-state index contributed by atoms with van der Waals surface area (Å²) in [7, 11) is 0. The fraction of sp³-hybridized carbons (Fsp3) is 0.300. The second-order valence-electron chi connectivity index (χ2n) is 3.77. The average molecular weight is 246 g/mol. The van der Waals surface area contributed by atoms with Crippen LogP contribution in [0.5, 0.6) is 0 Å². The number of fused-ring (bicyclic) bond motifs is 1. The summed E-state index contributed by atoms with van der Waals surface area (Å²) in [6.45, 7) is 1.67. The molecule has 1 atom stereocenters. The van der Waals surface area contributed by atoms with Crippen LogP contribution in [0, 0.1) is 0 Å². The Kier molecular flexibility index (Phi) is 2.32. The minimum atomic E-state index is -4.98. The van der Waals surface area contributed by atoms with E-state index in [9.17, 15) is 23.4 Å². The predicted molar refractivity (Wildman–Crippen MR) is 53.9 cm³/mol. The highest BCUT2D eigenvalue weighted by atomic mass is 19.4. The highest BCUT2D eigenvalue weighted by Crippen LogP contribution is 2.37. The maximum atomic E-state index is 12.6. The molecule has 1 unspecified atom stereocenters. The van der Waals surface area contributed by atoms with Crippen LogP contribution in [0.3, 0.4) is 0 Å². The first-order valence-corrected chi connectivity index (χ1v) is 4.69. The van der Waals surface area contributed by atoms with Gasteiger partial charge in [-0.3, -0.25) is 4.90 Å². The molecule has 0 amide bonds. The largest absolute Gasteiger partial charge is 0.494 e. The summed E-state index contributed by atoms with van der Waals surface area (Å²) < 4.78 is 37.8. The smallest absolute Gasteiger partial charge is 0.442 e. The van der Waals surface area contributed by atoms with Gasteiger partial charge in [0, 0.05) is 12.3 Å². The average Bonchev–Trinajstić information content (AvgIpc) is 2.14. The van der Waals surface area contributed by atoms with E-state index in [4.69, 9.17) is 0 Å². The van der Waals surface area contributed by atoms with Crippen molar-refractivity contribution in [3.63, 3.8) is 0 Å². The van der Waals surface area contributed by atoms with Crippen LogP contribution < -0.4 is 0 Å². The van der Waals surface area contributed by atoms with Crippen molar-refractivity contribution in [1.29, 1.82) is 0 Å². The number of aliphatic hydroxyl groups excluding tert-OH is 1. The van der Waals surface area contributed by atoms with Crippen LogP contribution in [0.1, 0.15) is 6.92 Å². The molecule has 17 heavy (non-hydrogen) atoms. The number of hydrogen-bond acceptors (Lipinski definition) is 4. The minimum absolute atomic E-state index is 0.162. The zero-order valence-electron chi connectivity index (χ0n) is 8.73. The van der Waals surface area contributed by atoms with E-state index in [0.29, 0.717) is 5.57 Å². The minimum Gasteiger partial charge on any atom is -0.494 e. The first kappa shape index (κ1) is 11.7. The molecule has 0 bridgehead atoms. The Morgan fingerprint density at radius 3 is 2.65 bits per heavy atom. The van der Waals surface area contributed by atoms with Crippen molar-refractivity contribution < 1.29 is 23.4 Å². The van der Waals surface area contributed by atoms with Crippen molar-refractivity contribution in [3.8, 4) is 0 Å². The molecule has 0 saturated carbocycles. The third kappa shape index (κ3) is 1.82. The quantitative estimate of drug-likeness (QED) is 0.685. The number of nitrogens with zero attached hydrogens (tertiary/aromatic N) is 2. The number of hydrogen-bond donors (Lipinski definition) is 2. The molecule has 4 nitrogen and oxygen atoms in total. The van der Waals surface area contributed by atoms with E-state index in [2.05, 4.69) is 4.99 Å². The van der Waals surface area contributed by atoms with Crippen LogP contribution >= 0.6 is 0 Å². The predicted octanol–water partition coefficient (Wildman–Crippen LogP) is 1.82. The highest BCUT2D eigenvalue weighted by molar-refractivity contribution is 5.97. The van der Waals surface area contributed by atoms with Gasteiger partial charge in [0.1, 0.15) is 5.84 Å². The molecule has 2 aliphatic rings. The summed E-state index contributed by atoms with van der Waals surface area (Å²) in [4.78, 5) is 4.27. The molecule has 0 radical (unpaired) electrons. The van der Waals surface area contributed by atoms with Gasteiger partial charge >= 0.3 is 6.18 Å². The summed E-state index contributed by atoms with van der Waals surface area (Å²) in [5.41, 5.74) is -2.72. The SMILES string of the molecule is CC1=CC2=NC(O)(C(F)(F)F)C=C(O)N2C=C1. The topological polar surface area (TPSA) is 56.1 Å². The molecule has 2 rings (SSSR count). The van der Waals surface area contributed by atoms with E-state index in [1.165, 1.54) is 12.3 Å². The van der Waals surface area contributed by atoms with Crippen LogP contribution in [-0.2, 0) is 0 Å². The molecule has 2 N–H and O–H groups in total. The van der Waals surface area contributed by atoms with E-state index in [-0.39, 0.29) is 11.9 Å². The monoisotopic (exact) mass is 246 g/mol. The zero-order valence-corrected chi connectivity index (χ0v) is 8.73. The Morgan fingerprint density at radius 2 is 2.06 bits per heavy atom. The first-order valence-electron chi connectivity index (χ1n) is 4.69. The van der Waals surface area contributed by atoms with Crippen LogP contribution in [-0.4, -0.2) is 32.8 Å². The molecule has 0 spiro atoms. The van der Waals surface area contributed by atoms with Crippen LogP contribution in [0.25, 0.3) is 0 Å². The van der Waals surface area contributed by atoms with Gasteiger partial charge in [0.25, 0.3) is 5.72 Å². The molecule has 0 aliphatic carbocycles. The number of allylic oxidation sites excluding steroid dienone is 2. The van der Waals surface area contributed by atoms with Crippen molar-refractivity contribution in [2.24, 2.45) is 4.99 Å². The van der Waals surface area contributed by atoms with Crippen molar-refractivity contribution in [1.82, 2.24) is 4.90 Å². The number of halogens is 3. The van der Waals surface area contributed by atoms with E-state index in [1.807, 2.05) is 0 Å². The van der Waals surface area contributed by atoms with Crippen molar-refractivity contribution in [2.75, 3.05) is 0 Å². The molecule has 0 fully saturated rings. The Balaban J connectivity index is 2.50. The number of amidine groups is 1. The van der Waals surface area contributed by atoms with Gasteiger partial charge in [0.05, 0.1) is 0 Å². The third-order valence-electron chi connectivity index (χ3n) is 2.37. The normalized spacial score (nSPS) is 28.3. The number of rotatable bonds is 0. The molecule has 7 heteroatoms. The summed E-state index contributed by atoms with van der Waals surface area (Å²) in [5, 5.41) is 18.8. The molecular formula is C10H9F3N2O2. The second kappa shape index (κ2) is 3.36. The van der Waals surface area contributed by atoms with Gasteiger partial charge in [0.15, 0.2) is 5.88 Å². The number of alkyl halides is 3. The Morgan fingerprint density at radius 1 is 1.41 bits per heavy atom. The molecule has 0 aromatic carbocycles. The fourth-order valence-electron chi connectivity index (χ4n) is 1.47. The molecule has 0 saturated heterocycles. The fourth-order valence-corrected chi connectivity index (χ4v) is 1.47. The van der Waals surface area contributed by atoms with Crippen LogP contribution in [0.15, 0.2) is 40.9 Å². The van der Waals surface area contributed by atoms with Gasteiger partial charge < -0.3 is 10.2 Å². The zero-order chi connectivity index (χ0) is 12.8. The molecule has 92 valence electrons. The van der Waals surface area contributed by atoms with Crippen LogP contribution in [0.2, 0.25) is 0 Å². The molecule has 0 aromatic heterocycles. The molecule has 0 aromatic rings. The van der Waals surface area contributed by atoms with Crippen molar-refractivity contribution in [3.05, 3.63) is 35.9 Å². The lowest BCUT2D eigenvalue weighted by Gasteiger charge is -2.33. The summed E-state index contributed by atoms with van der Waals surface area (Å²) in [6, 6.07) is 0. The second-order valence-corrected chi connectivity index (χ2v) is 3.77. The van der Waals surface area contributed by atoms with Crippen LogP contribution in [0.4, 0.5) is 13.2 Å². The lowest BCUT2D eigenvalue weighted by Crippen LogP contribution is -2.47. The standard InChI is InChI=1S/C10H9F3N2O2/c1-6-2-3-15-7(4-6)14-9(17,5-8(15)16)10(11,12)13/h2-5,16-17H,1H3. The van der Waals surface area contributed by atoms with E-state index in [1.54, 1.807) is 13.0 Å². The third-order valence-corrected chi connectivity index (χ3v) is 2.37.